The van der Waals surface area contributed by atoms with Gasteiger partial charge in [-0.3, -0.25) is 0 Å². The van der Waals surface area contributed by atoms with E-state index >= 15 is 0 Å². The van der Waals surface area contributed by atoms with Gasteiger partial charge in [0.1, 0.15) is 23.5 Å². The number of benzene rings is 1. The Kier molecular flexibility index (Phi) is 2.75. The van der Waals surface area contributed by atoms with Crippen molar-refractivity contribution < 1.29 is 18.3 Å². The van der Waals surface area contributed by atoms with Crippen molar-refractivity contribution in [3.05, 3.63) is 59.1 Å². The van der Waals surface area contributed by atoms with Crippen molar-refractivity contribution in [2.45, 2.75) is 13.0 Å². The van der Waals surface area contributed by atoms with Crippen molar-refractivity contribution in [2.75, 3.05) is 0 Å². The maximum absolute atomic E-state index is 13.4. The van der Waals surface area contributed by atoms with Crippen LogP contribution in [0.2, 0.25) is 0 Å². The summed E-state index contributed by atoms with van der Waals surface area (Å²) < 4.78 is 31.1. The van der Waals surface area contributed by atoms with Crippen LogP contribution in [-0.2, 0) is 0 Å². The van der Waals surface area contributed by atoms with E-state index in [-0.39, 0.29) is 11.3 Å². The number of halogens is 2. The van der Waals surface area contributed by atoms with Crippen molar-refractivity contribution in [3.63, 3.8) is 0 Å². The molecule has 0 saturated carbocycles. The fourth-order valence-corrected chi connectivity index (χ4v) is 1.53. The van der Waals surface area contributed by atoms with Crippen LogP contribution in [0, 0.1) is 18.6 Å². The molecule has 0 amide bonds. The van der Waals surface area contributed by atoms with Crippen LogP contribution < -0.4 is 0 Å². The molecule has 16 heavy (non-hydrogen) atoms. The highest BCUT2D eigenvalue weighted by molar-refractivity contribution is 5.30. The molecule has 4 heteroatoms. The summed E-state index contributed by atoms with van der Waals surface area (Å²) in [4.78, 5) is 0. The summed E-state index contributed by atoms with van der Waals surface area (Å²) in [5, 5.41) is 9.88. The third-order valence-electron chi connectivity index (χ3n) is 2.41. The molecule has 1 unspecified atom stereocenters. The van der Waals surface area contributed by atoms with Crippen LogP contribution in [0.1, 0.15) is 23.0 Å². The summed E-state index contributed by atoms with van der Waals surface area (Å²) >= 11 is 0. The Morgan fingerprint density at radius 2 is 2.00 bits per heavy atom. The second-order valence-electron chi connectivity index (χ2n) is 3.54. The van der Waals surface area contributed by atoms with Gasteiger partial charge in [0.2, 0.25) is 0 Å². The third kappa shape index (κ3) is 1.84. The number of rotatable bonds is 2. The monoisotopic (exact) mass is 224 g/mol. The van der Waals surface area contributed by atoms with E-state index in [0.29, 0.717) is 0 Å². The summed E-state index contributed by atoms with van der Waals surface area (Å²) in [6.07, 6.45) is 0.200. The summed E-state index contributed by atoms with van der Waals surface area (Å²) in [6.45, 7) is 1.74. The molecule has 2 aromatic rings. The smallest absolute Gasteiger partial charge is 0.140 e. The normalized spacial score (nSPS) is 12.8. The molecule has 0 radical (unpaired) electrons. The minimum atomic E-state index is -1.21. The Hall–Kier alpha value is -1.68. The Labute approximate surface area is 91.1 Å². The molecule has 1 atom stereocenters. The molecule has 0 saturated heterocycles. The van der Waals surface area contributed by atoms with Crippen LogP contribution >= 0.6 is 0 Å². The second kappa shape index (κ2) is 4.06. The first-order valence-electron chi connectivity index (χ1n) is 4.76. The lowest BCUT2D eigenvalue weighted by atomic mass is 10.0. The van der Waals surface area contributed by atoms with Gasteiger partial charge in [0.15, 0.2) is 0 Å². The molecule has 1 N–H and O–H groups in total. The maximum Gasteiger partial charge on any atom is 0.140 e. The van der Waals surface area contributed by atoms with Crippen molar-refractivity contribution >= 4 is 0 Å². The number of aliphatic hydroxyl groups is 1. The zero-order chi connectivity index (χ0) is 11.7. The van der Waals surface area contributed by atoms with Crippen LogP contribution in [-0.4, -0.2) is 5.11 Å². The summed E-state index contributed by atoms with van der Waals surface area (Å²) in [5.74, 6) is -1.20. The highest BCUT2D eigenvalue weighted by atomic mass is 19.1. The third-order valence-corrected chi connectivity index (χ3v) is 2.41. The standard InChI is InChI=1S/C12H10F2O2/c1-7-4-5-16-12(7)11(15)9-3-2-8(13)6-10(9)14/h2-6,11,15H,1H3. The quantitative estimate of drug-likeness (QED) is 0.850. The predicted octanol–water partition coefficient (Wildman–Crippen LogP) is 2.95. The Morgan fingerprint density at radius 1 is 1.25 bits per heavy atom. The van der Waals surface area contributed by atoms with Crippen LogP contribution in [0.3, 0.4) is 0 Å². The average Bonchev–Trinajstić information content (AvgIpc) is 2.63. The molecule has 1 heterocycles. The van der Waals surface area contributed by atoms with E-state index in [2.05, 4.69) is 0 Å². The SMILES string of the molecule is Cc1ccoc1C(O)c1ccc(F)cc1F. The first-order chi connectivity index (χ1) is 7.59. The van der Waals surface area contributed by atoms with E-state index in [1.165, 1.54) is 12.3 Å². The average molecular weight is 224 g/mol. The number of furan rings is 1. The number of hydrogen-bond acceptors (Lipinski definition) is 2. The minimum absolute atomic E-state index is 0.000509. The molecule has 0 aliphatic heterocycles. The molecule has 84 valence electrons. The van der Waals surface area contributed by atoms with Crippen molar-refractivity contribution in [1.29, 1.82) is 0 Å². The van der Waals surface area contributed by atoms with Gasteiger partial charge in [-0.05, 0) is 24.6 Å². The first-order valence-corrected chi connectivity index (χ1v) is 4.76. The van der Waals surface area contributed by atoms with E-state index in [1.54, 1.807) is 13.0 Å². The van der Waals surface area contributed by atoms with E-state index in [9.17, 15) is 13.9 Å². The van der Waals surface area contributed by atoms with E-state index in [4.69, 9.17) is 4.42 Å². The number of hydrogen-bond donors (Lipinski definition) is 1. The molecule has 0 aliphatic carbocycles. The minimum Gasteiger partial charge on any atom is -0.466 e. The number of aryl methyl sites for hydroxylation is 1. The molecule has 0 aliphatic rings. The molecular weight excluding hydrogens is 214 g/mol. The summed E-state index contributed by atoms with van der Waals surface area (Å²) in [5.41, 5.74) is 0.718. The molecule has 0 fully saturated rings. The van der Waals surface area contributed by atoms with Gasteiger partial charge in [-0.15, -0.1) is 0 Å². The Bertz CT molecular complexity index is 505. The highest BCUT2D eigenvalue weighted by Gasteiger charge is 2.19. The largest absolute Gasteiger partial charge is 0.466 e. The van der Waals surface area contributed by atoms with Gasteiger partial charge >= 0.3 is 0 Å². The first kappa shape index (κ1) is 10.8. The molecule has 1 aromatic carbocycles. The van der Waals surface area contributed by atoms with Gasteiger partial charge < -0.3 is 9.52 Å². The molecule has 2 rings (SSSR count). The topological polar surface area (TPSA) is 33.4 Å². The molecule has 1 aromatic heterocycles. The van der Waals surface area contributed by atoms with Crippen molar-refractivity contribution in [2.24, 2.45) is 0 Å². The lowest BCUT2D eigenvalue weighted by Crippen LogP contribution is -2.03. The lowest BCUT2D eigenvalue weighted by molar-refractivity contribution is 0.183. The fraction of sp³-hybridized carbons (Fsp3) is 0.167. The maximum atomic E-state index is 13.4. The van der Waals surface area contributed by atoms with Crippen molar-refractivity contribution in [1.82, 2.24) is 0 Å². The van der Waals surface area contributed by atoms with Gasteiger partial charge in [0, 0.05) is 11.6 Å². The summed E-state index contributed by atoms with van der Waals surface area (Å²) in [7, 11) is 0. The molecule has 0 bridgehead atoms. The number of aliphatic hydroxyl groups excluding tert-OH is 1. The van der Waals surface area contributed by atoms with Crippen LogP contribution in [0.25, 0.3) is 0 Å². The highest BCUT2D eigenvalue weighted by Crippen LogP contribution is 2.27. The molecule has 0 spiro atoms. The van der Waals surface area contributed by atoms with Gasteiger partial charge in [-0.1, -0.05) is 6.07 Å². The van der Waals surface area contributed by atoms with Crippen LogP contribution in [0.15, 0.2) is 34.9 Å². The zero-order valence-electron chi connectivity index (χ0n) is 8.58. The van der Waals surface area contributed by atoms with Gasteiger partial charge in [0.25, 0.3) is 0 Å². The van der Waals surface area contributed by atoms with E-state index in [1.807, 2.05) is 0 Å². The summed E-state index contributed by atoms with van der Waals surface area (Å²) in [6, 6.07) is 4.70. The fourth-order valence-electron chi connectivity index (χ4n) is 1.53. The Morgan fingerprint density at radius 3 is 2.56 bits per heavy atom. The van der Waals surface area contributed by atoms with Crippen LogP contribution in [0.4, 0.5) is 8.78 Å². The van der Waals surface area contributed by atoms with E-state index < -0.39 is 17.7 Å². The zero-order valence-corrected chi connectivity index (χ0v) is 8.58. The predicted molar refractivity (Wildman–Crippen MR) is 53.9 cm³/mol. The molecule has 2 nitrogen and oxygen atoms in total. The lowest BCUT2D eigenvalue weighted by Gasteiger charge is -2.10. The second-order valence-corrected chi connectivity index (χ2v) is 3.54. The Balaban J connectivity index is 2.41. The van der Waals surface area contributed by atoms with Gasteiger partial charge in [0.05, 0.1) is 6.26 Å². The van der Waals surface area contributed by atoms with Crippen molar-refractivity contribution in [3.8, 4) is 0 Å². The van der Waals surface area contributed by atoms with Gasteiger partial charge in [-0.25, -0.2) is 8.78 Å². The van der Waals surface area contributed by atoms with E-state index in [0.717, 1.165) is 17.7 Å². The van der Waals surface area contributed by atoms with Gasteiger partial charge in [-0.2, -0.15) is 0 Å². The molecular formula is C12H10F2O2. The van der Waals surface area contributed by atoms with Crippen LogP contribution in [0.5, 0.6) is 0 Å².